The molecule has 0 saturated heterocycles. The average Bonchev–Trinajstić information content (AvgIpc) is 3.66. The van der Waals surface area contributed by atoms with Crippen molar-refractivity contribution in [1.29, 1.82) is 0 Å². The second kappa shape index (κ2) is 8.36. The van der Waals surface area contributed by atoms with Gasteiger partial charge in [0.05, 0.1) is 16.7 Å². The van der Waals surface area contributed by atoms with Crippen molar-refractivity contribution in [3.05, 3.63) is 151 Å². The Balaban J connectivity index is 1.32. The Kier molecular flexibility index (Phi) is 4.58. The van der Waals surface area contributed by atoms with E-state index in [0.717, 1.165) is 0 Å². The minimum atomic E-state index is -0.125. The summed E-state index contributed by atoms with van der Waals surface area (Å²) in [5.41, 5.74) is 17.0. The van der Waals surface area contributed by atoms with E-state index in [2.05, 4.69) is 158 Å². The van der Waals surface area contributed by atoms with Crippen molar-refractivity contribution < 1.29 is 0 Å². The van der Waals surface area contributed by atoms with Crippen molar-refractivity contribution in [3.63, 3.8) is 0 Å². The van der Waals surface area contributed by atoms with Crippen LogP contribution in [0.4, 0.5) is 0 Å². The standard InChI is InChI=1S/C43H29N/c1-43(2)37-19-8-5-14-29(37)35-24-25-36-31-16-7-10-21-39(31)44(42(36)41(35)43)38-20-9-6-15-30(38)28-22-23-34-27-13-4-3-12-26(27)32-17-11-18-33(28)40(32)34/h3-25H,1-2H3. The van der Waals surface area contributed by atoms with Crippen molar-refractivity contribution in [2.45, 2.75) is 19.3 Å². The predicted octanol–water partition coefficient (Wildman–Crippen LogP) is 11.6. The van der Waals surface area contributed by atoms with Gasteiger partial charge < -0.3 is 4.57 Å². The molecule has 8 aromatic rings. The van der Waals surface area contributed by atoms with E-state index in [1.165, 1.54) is 93.9 Å². The van der Waals surface area contributed by atoms with E-state index in [9.17, 15) is 0 Å². The molecule has 0 saturated carbocycles. The van der Waals surface area contributed by atoms with Crippen LogP contribution in [0, 0.1) is 0 Å². The van der Waals surface area contributed by atoms with Gasteiger partial charge in [0.15, 0.2) is 0 Å². The molecule has 44 heavy (non-hydrogen) atoms. The largest absolute Gasteiger partial charge is 0.308 e. The third-order valence-electron chi connectivity index (χ3n) is 10.3. The SMILES string of the molecule is CC1(C)c2ccccc2-c2ccc3c4ccccc4n(-c4ccccc4-c4ccc5c6c(cccc46)-c4ccccc4-5)c3c21. The highest BCUT2D eigenvalue weighted by Gasteiger charge is 2.38. The maximum Gasteiger partial charge on any atom is 0.0588 e. The Morgan fingerprint density at radius 3 is 1.84 bits per heavy atom. The van der Waals surface area contributed by atoms with Crippen molar-refractivity contribution in [1.82, 2.24) is 4.57 Å². The first kappa shape index (κ1) is 24.1. The highest BCUT2D eigenvalue weighted by Crippen LogP contribution is 2.54. The molecule has 0 fully saturated rings. The Hall–Kier alpha value is -5.40. The topological polar surface area (TPSA) is 4.93 Å². The summed E-state index contributed by atoms with van der Waals surface area (Å²) in [6.45, 7) is 4.79. The van der Waals surface area contributed by atoms with Gasteiger partial charge in [-0.2, -0.15) is 0 Å². The normalized spacial score (nSPS) is 13.9. The zero-order valence-corrected chi connectivity index (χ0v) is 24.7. The van der Waals surface area contributed by atoms with Crippen LogP contribution in [-0.4, -0.2) is 4.57 Å². The molecule has 0 amide bonds. The van der Waals surface area contributed by atoms with Gasteiger partial charge in [-0.25, -0.2) is 0 Å². The highest BCUT2D eigenvalue weighted by molar-refractivity contribution is 6.19. The predicted molar refractivity (Wildman–Crippen MR) is 186 cm³/mol. The van der Waals surface area contributed by atoms with E-state index in [1.54, 1.807) is 0 Å². The third-order valence-corrected chi connectivity index (χ3v) is 10.3. The van der Waals surface area contributed by atoms with Crippen LogP contribution < -0.4 is 0 Å². The van der Waals surface area contributed by atoms with Crippen molar-refractivity contribution in [2.24, 2.45) is 0 Å². The number of para-hydroxylation sites is 2. The van der Waals surface area contributed by atoms with Gasteiger partial charge in [-0.15, -0.1) is 0 Å². The summed E-state index contributed by atoms with van der Waals surface area (Å²) in [5.74, 6) is 0. The Bertz CT molecular complexity index is 2490. The summed E-state index contributed by atoms with van der Waals surface area (Å²) < 4.78 is 2.56. The number of benzene rings is 7. The quantitative estimate of drug-likeness (QED) is 0.198. The molecule has 1 nitrogen and oxygen atoms in total. The van der Waals surface area contributed by atoms with Crippen LogP contribution in [0.5, 0.6) is 0 Å². The number of hydrogen-bond donors (Lipinski definition) is 0. The first-order valence-electron chi connectivity index (χ1n) is 15.5. The number of aromatic nitrogens is 1. The summed E-state index contributed by atoms with van der Waals surface area (Å²) in [6, 6.07) is 51.9. The summed E-state index contributed by atoms with van der Waals surface area (Å²) >= 11 is 0. The molecular weight excluding hydrogens is 530 g/mol. The van der Waals surface area contributed by atoms with E-state index in [4.69, 9.17) is 0 Å². The lowest BCUT2D eigenvalue weighted by molar-refractivity contribution is 0.664. The molecule has 0 unspecified atom stereocenters. The van der Waals surface area contributed by atoms with Gasteiger partial charge >= 0.3 is 0 Å². The fourth-order valence-corrected chi connectivity index (χ4v) is 8.50. The highest BCUT2D eigenvalue weighted by atomic mass is 15.0. The van der Waals surface area contributed by atoms with Crippen LogP contribution in [-0.2, 0) is 5.41 Å². The fourth-order valence-electron chi connectivity index (χ4n) is 8.50. The Morgan fingerprint density at radius 2 is 1.00 bits per heavy atom. The number of fused-ring (bicyclic) bond motifs is 10. The maximum atomic E-state index is 2.56. The monoisotopic (exact) mass is 559 g/mol. The molecule has 10 rings (SSSR count). The molecule has 1 heteroatoms. The first-order valence-corrected chi connectivity index (χ1v) is 15.5. The molecule has 0 radical (unpaired) electrons. The van der Waals surface area contributed by atoms with E-state index < -0.39 is 0 Å². The van der Waals surface area contributed by atoms with Crippen molar-refractivity contribution >= 4 is 32.6 Å². The summed E-state index contributed by atoms with van der Waals surface area (Å²) in [4.78, 5) is 0. The molecule has 0 spiro atoms. The second-order valence-corrected chi connectivity index (χ2v) is 12.9. The zero-order chi connectivity index (χ0) is 29.2. The molecule has 0 atom stereocenters. The van der Waals surface area contributed by atoms with Gasteiger partial charge in [0.25, 0.3) is 0 Å². The van der Waals surface area contributed by atoms with Crippen LogP contribution >= 0.6 is 0 Å². The molecule has 2 aliphatic rings. The van der Waals surface area contributed by atoms with Crippen LogP contribution in [0.3, 0.4) is 0 Å². The first-order chi connectivity index (χ1) is 21.6. The molecule has 0 bridgehead atoms. The maximum absolute atomic E-state index is 2.56. The fraction of sp³-hybridized carbons (Fsp3) is 0.0698. The van der Waals surface area contributed by atoms with E-state index >= 15 is 0 Å². The average molecular weight is 560 g/mol. The van der Waals surface area contributed by atoms with Crippen LogP contribution in [0.15, 0.2) is 140 Å². The molecule has 2 aliphatic carbocycles. The molecule has 206 valence electrons. The van der Waals surface area contributed by atoms with Gasteiger partial charge in [0, 0.05) is 21.8 Å². The van der Waals surface area contributed by atoms with Gasteiger partial charge in [0.2, 0.25) is 0 Å². The lowest BCUT2D eigenvalue weighted by atomic mass is 9.81. The molecule has 0 aliphatic heterocycles. The van der Waals surface area contributed by atoms with Crippen LogP contribution in [0.2, 0.25) is 0 Å². The summed E-state index contributed by atoms with van der Waals surface area (Å²) in [5, 5.41) is 5.27. The Morgan fingerprint density at radius 1 is 0.409 bits per heavy atom. The minimum Gasteiger partial charge on any atom is -0.308 e. The van der Waals surface area contributed by atoms with E-state index in [-0.39, 0.29) is 5.41 Å². The van der Waals surface area contributed by atoms with Gasteiger partial charge in [0.1, 0.15) is 0 Å². The molecule has 0 N–H and O–H groups in total. The number of rotatable bonds is 2. The lowest BCUT2D eigenvalue weighted by Gasteiger charge is -2.24. The summed E-state index contributed by atoms with van der Waals surface area (Å²) in [7, 11) is 0. The number of hydrogen-bond acceptors (Lipinski definition) is 0. The zero-order valence-electron chi connectivity index (χ0n) is 24.7. The minimum absolute atomic E-state index is 0.125. The smallest absolute Gasteiger partial charge is 0.0588 e. The van der Waals surface area contributed by atoms with Gasteiger partial charge in [-0.1, -0.05) is 141 Å². The molecule has 1 heterocycles. The van der Waals surface area contributed by atoms with E-state index in [0.29, 0.717) is 0 Å². The Labute approximate surface area is 256 Å². The third kappa shape index (κ3) is 2.89. The molecular formula is C43H29N. The van der Waals surface area contributed by atoms with Crippen LogP contribution in [0.1, 0.15) is 25.0 Å². The molecule has 7 aromatic carbocycles. The second-order valence-electron chi connectivity index (χ2n) is 12.9. The van der Waals surface area contributed by atoms with Gasteiger partial charge in [-0.05, 0) is 73.0 Å². The van der Waals surface area contributed by atoms with Crippen LogP contribution in [0.25, 0.3) is 82.8 Å². The van der Waals surface area contributed by atoms with E-state index in [1.807, 2.05) is 0 Å². The summed E-state index contributed by atoms with van der Waals surface area (Å²) in [6.07, 6.45) is 0. The molecule has 1 aromatic heterocycles. The number of nitrogens with zero attached hydrogens (tertiary/aromatic N) is 1. The van der Waals surface area contributed by atoms with Crippen molar-refractivity contribution in [3.8, 4) is 50.2 Å². The lowest BCUT2D eigenvalue weighted by Crippen LogP contribution is -2.16. The van der Waals surface area contributed by atoms with Gasteiger partial charge in [-0.3, -0.25) is 0 Å². The van der Waals surface area contributed by atoms with Crippen molar-refractivity contribution in [2.75, 3.05) is 0 Å².